The smallest absolute Gasteiger partial charge is 0.0834 e. The molecule has 0 saturated heterocycles. The number of hydrogen-bond acceptors (Lipinski definition) is 3. The van der Waals surface area contributed by atoms with Crippen molar-refractivity contribution in [2.75, 3.05) is 0 Å². The van der Waals surface area contributed by atoms with E-state index in [2.05, 4.69) is 66.0 Å². The molecule has 0 aliphatic rings. The Morgan fingerprint density at radius 2 is 1.95 bits per heavy atom. The molecule has 2 aromatic rings. The monoisotopic (exact) mass is 286 g/mol. The van der Waals surface area contributed by atoms with Gasteiger partial charge in [-0.3, -0.25) is 9.67 Å². The summed E-state index contributed by atoms with van der Waals surface area (Å²) in [5.41, 5.74) is 4.71. The van der Waals surface area contributed by atoms with Crippen molar-refractivity contribution < 1.29 is 0 Å². The van der Waals surface area contributed by atoms with Crippen molar-refractivity contribution in [1.82, 2.24) is 20.1 Å². The van der Waals surface area contributed by atoms with E-state index in [4.69, 9.17) is 0 Å². The van der Waals surface area contributed by atoms with Crippen LogP contribution >= 0.6 is 0 Å². The van der Waals surface area contributed by atoms with Gasteiger partial charge in [-0.05, 0) is 30.5 Å². The summed E-state index contributed by atoms with van der Waals surface area (Å²) in [5.74, 6) is 0. The molecular formula is C17H26N4. The van der Waals surface area contributed by atoms with Crippen LogP contribution in [-0.2, 0) is 25.9 Å². The van der Waals surface area contributed by atoms with Gasteiger partial charge < -0.3 is 5.32 Å². The highest BCUT2D eigenvalue weighted by atomic mass is 15.3. The molecule has 4 heteroatoms. The van der Waals surface area contributed by atoms with Gasteiger partial charge in [-0.2, -0.15) is 5.10 Å². The number of aromatic nitrogens is 3. The van der Waals surface area contributed by atoms with E-state index < -0.39 is 0 Å². The third-order valence-electron chi connectivity index (χ3n) is 3.55. The molecule has 0 atom stereocenters. The van der Waals surface area contributed by atoms with Gasteiger partial charge in [0.2, 0.25) is 0 Å². The number of aryl methyl sites for hydroxylation is 2. The van der Waals surface area contributed by atoms with Gasteiger partial charge in [0.15, 0.2) is 0 Å². The highest BCUT2D eigenvalue weighted by Crippen LogP contribution is 2.09. The maximum Gasteiger partial charge on any atom is 0.0834 e. The quantitative estimate of drug-likeness (QED) is 0.851. The maximum absolute atomic E-state index is 4.64. The van der Waals surface area contributed by atoms with E-state index in [0.717, 1.165) is 37.3 Å². The molecule has 0 bridgehead atoms. The van der Waals surface area contributed by atoms with E-state index in [1.807, 2.05) is 6.20 Å². The average Bonchev–Trinajstić information content (AvgIpc) is 2.88. The summed E-state index contributed by atoms with van der Waals surface area (Å²) in [7, 11) is 0. The SMILES string of the molecule is CCc1cc(CC)n(Cc2ccc(CNC(C)C)cn2)n1. The van der Waals surface area contributed by atoms with Crippen LogP contribution in [0.25, 0.3) is 0 Å². The molecule has 0 unspecified atom stereocenters. The standard InChI is InChI=1S/C17H26N4/c1-5-15-9-17(6-2)21(20-15)12-16-8-7-14(11-19-16)10-18-13(3)4/h7-9,11,13,18H,5-6,10,12H2,1-4H3. The Bertz CT molecular complexity index is 555. The first kappa shape index (κ1) is 15.7. The molecule has 1 N–H and O–H groups in total. The topological polar surface area (TPSA) is 42.7 Å². The number of pyridine rings is 1. The van der Waals surface area contributed by atoms with Gasteiger partial charge >= 0.3 is 0 Å². The van der Waals surface area contributed by atoms with Crippen molar-refractivity contribution in [1.29, 1.82) is 0 Å². The molecule has 0 aromatic carbocycles. The Kier molecular flexibility index (Phi) is 5.51. The minimum Gasteiger partial charge on any atom is -0.310 e. The zero-order valence-electron chi connectivity index (χ0n) is 13.6. The predicted molar refractivity (Wildman–Crippen MR) is 86.3 cm³/mol. The van der Waals surface area contributed by atoms with Crippen LogP contribution < -0.4 is 5.32 Å². The molecule has 0 fully saturated rings. The molecular weight excluding hydrogens is 260 g/mol. The van der Waals surface area contributed by atoms with Gasteiger partial charge in [-0.1, -0.05) is 33.8 Å². The summed E-state index contributed by atoms with van der Waals surface area (Å²) in [6.45, 7) is 10.2. The largest absolute Gasteiger partial charge is 0.310 e. The summed E-state index contributed by atoms with van der Waals surface area (Å²) in [5, 5.41) is 8.04. The highest BCUT2D eigenvalue weighted by molar-refractivity contribution is 5.16. The number of nitrogens with one attached hydrogen (secondary N) is 1. The van der Waals surface area contributed by atoms with E-state index in [1.54, 1.807) is 0 Å². The Balaban J connectivity index is 2.04. The van der Waals surface area contributed by atoms with Crippen molar-refractivity contribution in [3.05, 3.63) is 47.0 Å². The van der Waals surface area contributed by atoms with Crippen molar-refractivity contribution in [2.24, 2.45) is 0 Å². The second kappa shape index (κ2) is 7.36. The van der Waals surface area contributed by atoms with Crippen LogP contribution in [0.15, 0.2) is 24.4 Å². The van der Waals surface area contributed by atoms with E-state index >= 15 is 0 Å². The van der Waals surface area contributed by atoms with E-state index in [1.165, 1.54) is 11.3 Å². The summed E-state index contributed by atoms with van der Waals surface area (Å²) >= 11 is 0. The molecule has 2 heterocycles. The average molecular weight is 286 g/mol. The molecule has 4 nitrogen and oxygen atoms in total. The number of rotatable bonds is 7. The molecule has 0 saturated carbocycles. The molecule has 21 heavy (non-hydrogen) atoms. The Labute approximate surface area is 127 Å². The summed E-state index contributed by atoms with van der Waals surface area (Å²) < 4.78 is 2.08. The van der Waals surface area contributed by atoms with Crippen LogP contribution in [0.1, 0.15) is 50.3 Å². The second-order valence-electron chi connectivity index (χ2n) is 5.69. The molecule has 2 aromatic heterocycles. The van der Waals surface area contributed by atoms with Crippen LogP contribution in [0, 0.1) is 0 Å². The van der Waals surface area contributed by atoms with Crippen LogP contribution in [0.5, 0.6) is 0 Å². The van der Waals surface area contributed by atoms with E-state index in [-0.39, 0.29) is 0 Å². The van der Waals surface area contributed by atoms with Crippen molar-refractivity contribution in [2.45, 2.75) is 59.7 Å². The summed E-state index contributed by atoms with van der Waals surface area (Å²) in [6, 6.07) is 6.94. The molecule has 0 radical (unpaired) electrons. The first-order valence-electron chi connectivity index (χ1n) is 7.85. The number of hydrogen-bond donors (Lipinski definition) is 1. The number of nitrogens with zero attached hydrogens (tertiary/aromatic N) is 3. The van der Waals surface area contributed by atoms with Crippen LogP contribution in [-0.4, -0.2) is 20.8 Å². The lowest BCUT2D eigenvalue weighted by Gasteiger charge is -2.09. The fourth-order valence-electron chi connectivity index (χ4n) is 2.24. The van der Waals surface area contributed by atoms with Crippen LogP contribution in [0.3, 0.4) is 0 Å². The van der Waals surface area contributed by atoms with E-state index in [9.17, 15) is 0 Å². The molecule has 0 spiro atoms. The third kappa shape index (κ3) is 4.39. The first-order valence-corrected chi connectivity index (χ1v) is 7.85. The maximum atomic E-state index is 4.64. The van der Waals surface area contributed by atoms with Crippen LogP contribution in [0.4, 0.5) is 0 Å². The van der Waals surface area contributed by atoms with Gasteiger partial charge in [-0.15, -0.1) is 0 Å². The zero-order chi connectivity index (χ0) is 15.2. The molecule has 0 amide bonds. The van der Waals surface area contributed by atoms with Crippen LogP contribution in [0.2, 0.25) is 0 Å². The molecule has 0 aliphatic heterocycles. The molecule has 0 aliphatic carbocycles. The van der Waals surface area contributed by atoms with Gasteiger partial charge in [0, 0.05) is 24.5 Å². The second-order valence-corrected chi connectivity index (χ2v) is 5.69. The lowest BCUT2D eigenvalue weighted by atomic mass is 10.2. The zero-order valence-corrected chi connectivity index (χ0v) is 13.6. The first-order chi connectivity index (χ1) is 10.1. The Morgan fingerprint density at radius 1 is 1.14 bits per heavy atom. The van der Waals surface area contributed by atoms with Crippen molar-refractivity contribution >= 4 is 0 Å². The molecule has 2 rings (SSSR count). The van der Waals surface area contributed by atoms with Crippen molar-refractivity contribution in [3.8, 4) is 0 Å². The van der Waals surface area contributed by atoms with E-state index in [0.29, 0.717) is 6.04 Å². The van der Waals surface area contributed by atoms with Gasteiger partial charge in [-0.25, -0.2) is 0 Å². The van der Waals surface area contributed by atoms with Gasteiger partial charge in [0.1, 0.15) is 0 Å². The lowest BCUT2D eigenvalue weighted by Crippen LogP contribution is -2.21. The third-order valence-corrected chi connectivity index (χ3v) is 3.55. The van der Waals surface area contributed by atoms with Gasteiger partial charge in [0.25, 0.3) is 0 Å². The Morgan fingerprint density at radius 3 is 2.52 bits per heavy atom. The molecule has 114 valence electrons. The fraction of sp³-hybridized carbons (Fsp3) is 0.529. The minimum atomic E-state index is 0.494. The predicted octanol–water partition coefficient (Wildman–Crippen LogP) is 2.95. The highest BCUT2D eigenvalue weighted by Gasteiger charge is 2.06. The summed E-state index contributed by atoms with van der Waals surface area (Å²) in [4.78, 5) is 4.56. The lowest BCUT2D eigenvalue weighted by molar-refractivity contribution is 0.586. The normalized spacial score (nSPS) is 11.3. The van der Waals surface area contributed by atoms with Crippen molar-refractivity contribution in [3.63, 3.8) is 0 Å². The minimum absolute atomic E-state index is 0.494. The van der Waals surface area contributed by atoms with Gasteiger partial charge in [0.05, 0.1) is 17.9 Å². The summed E-state index contributed by atoms with van der Waals surface area (Å²) in [6.07, 6.45) is 3.94. The Hall–Kier alpha value is -1.68. The fourth-order valence-corrected chi connectivity index (χ4v) is 2.24.